The van der Waals surface area contributed by atoms with Crippen molar-refractivity contribution >= 4 is 17.6 Å². The lowest BCUT2D eigenvalue weighted by atomic mass is 10.0. The lowest BCUT2D eigenvalue weighted by Gasteiger charge is -2.20. The summed E-state index contributed by atoms with van der Waals surface area (Å²) in [7, 11) is 0. The number of nitrogens with zero attached hydrogens (tertiary/aromatic N) is 1. The monoisotopic (exact) mass is 281 g/mol. The Morgan fingerprint density at radius 2 is 1.90 bits per heavy atom. The number of anilines is 1. The Kier molecular flexibility index (Phi) is 5.73. The molecule has 1 atom stereocenters. The van der Waals surface area contributed by atoms with Gasteiger partial charge in [-0.1, -0.05) is 32.9 Å². The molecule has 112 valence electrons. The molecule has 0 saturated heterocycles. The predicted molar refractivity (Wildman–Crippen MR) is 76.1 cm³/mol. The highest BCUT2D eigenvalue weighted by molar-refractivity contribution is 5.96. The van der Waals surface area contributed by atoms with Crippen LogP contribution >= 0.6 is 0 Å². The van der Waals surface area contributed by atoms with Gasteiger partial charge in [0, 0.05) is 12.0 Å². The van der Waals surface area contributed by atoms with E-state index < -0.39 is 6.04 Å². The summed E-state index contributed by atoms with van der Waals surface area (Å²) in [6.07, 6.45) is 0.571. The molecule has 6 heteroatoms. The first-order valence-electron chi connectivity index (χ1n) is 6.84. The highest BCUT2D eigenvalue weighted by atomic mass is 16.5. The van der Waals surface area contributed by atoms with Crippen LogP contribution in [0.3, 0.4) is 0 Å². The summed E-state index contributed by atoms with van der Waals surface area (Å²) < 4.78 is 4.89. The van der Waals surface area contributed by atoms with Crippen molar-refractivity contribution in [3.8, 4) is 0 Å². The van der Waals surface area contributed by atoms with Gasteiger partial charge in [-0.15, -0.1) is 0 Å². The zero-order valence-corrected chi connectivity index (χ0v) is 12.7. The average Bonchev–Trinajstić information content (AvgIpc) is 2.72. The second-order valence-corrected chi connectivity index (χ2v) is 5.66. The van der Waals surface area contributed by atoms with Crippen molar-refractivity contribution in [2.24, 2.45) is 11.8 Å². The van der Waals surface area contributed by atoms with Crippen LogP contribution in [0.4, 0.5) is 5.82 Å². The summed E-state index contributed by atoms with van der Waals surface area (Å²) >= 11 is 0. The molecule has 0 aliphatic heterocycles. The molecule has 6 nitrogen and oxygen atoms in total. The number of hydrogen-bond acceptors (Lipinski definition) is 4. The van der Waals surface area contributed by atoms with Crippen LogP contribution in [0.5, 0.6) is 0 Å². The van der Waals surface area contributed by atoms with Gasteiger partial charge in [-0.25, -0.2) is 0 Å². The van der Waals surface area contributed by atoms with Gasteiger partial charge in [0.2, 0.25) is 11.8 Å². The number of carbonyl (C=O) groups is 2. The summed E-state index contributed by atoms with van der Waals surface area (Å²) in [4.78, 5) is 24.0. The summed E-state index contributed by atoms with van der Waals surface area (Å²) in [5, 5.41) is 9.13. The molecule has 1 aromatic heterocycles. The van der Waals surface area contributed by atoms with Gasteiger partial charge in [0.15, 0.2) is 5.82 Å². The summed E-state index contributed by atoms with van der Waals surface area (Å²) in [6, 6.07) is 1.07. The Labute approximate surface area is 119 Å². The fourth-order valence-electron chi connectivity index (χ4n) is 1.68. The van der Waals surface area contributed by atoms with Gasteiger partial charge in [0.1, 0.15) is 11.8 Å². The molecule has 0 spiro atoms. The minimum Gasteiger partial charge on any atom is -0.360 e. The average molecular weight is 281 g/mol. The number of rotatable bonds is 6. The molecular formula is C14H23N3O3. The van der Waals surface area contributed by atoms with Crippen LogP contribution in [0.15, 0.2) is 10.6 Å². The SMILES string of the molecule is Cc1cc(NC(=O)[C@@H](CC(C)C)NC(=O)C(C)C)no1. The summed E-state index contributed by atoms with van der Waals surface area (Å²) in [5.41, 5.74) is 0. The Hall–Kier alpha value is -1.85. The van der Waals surface area contributed by atoms with E-state index in [1.165, 1.54) is 0 Å². The molecule has 20 heavy (non-hydrogen) atoms. The molecule has 2 N–H and O–H groups in total. The Balaban J connectivity index is 2.71. The van der Waals surface area contributed by atoms with Gasteiger partial charge in [0.25, 0.3) is 0 Å². The molecule has 0 aliphatic rings. The van der Waals surface area contributed by atoms with Crippen molar-refractivity contribution in [1.29, 1.82) is 0 Å². The second kappa shape index (κ2) is 7.07. The van der Waals surface area contributed by atoms with Crippen LogP contribution in [0.25, 0.3) is 0 Å². The van der Waals surface area contributed by atoms with Crippen LogP contribution in [0, 0.1) is 18.8 Å². The number of aromatic nitrogens is 1. The van der Waals surface area contributed by atoms with Gasteiger partial charge >= 0.3 is 0 Å². The van der Waals surface area contributed by atoms with Crippen molar-refractivity contribution in [2.45, 2.75) is 47.1 Å². The van der Waals surface area contributed by atoms with Crippen molar-refractivity contribution in [3.05, 3.63) is 11.8 Å². The lowest BCUT2D eigenvalue weighted by molar-refractivity contribution is -0.128. The van der Waals surface area contributed by atoms with Crippen LogP contribution in [0.1, 0.15) is 39.9 Å². The largest absolute Gasteiger partial charge is 0.360 e. The fourth-order valence-corrected chi connectivity index (χ4v) is 1.68. The summed E-state index contributed by atoms with van der Waals surface area (Å²) in [5.74, 6) is 0.694. The molecule has 1 heterocycles. The van der Waals surface area contributed by atoms with E-state index in [0.29, 0.717) is 18.0 Å². The van der Waals surface area contributed by atoms with E-state index in [1.54, 1.807) is 26.8 Å². The quantitative estimate of drug-likeness (QED) is 0.836. The number of amides is 2. The molecule has 2 amide bonds. The third-order valence-corrected chi connectivity index (χ3v) is 2.74. The van der Waals surface area contributed by atoms with E-state index in [1.807, 2.05) is 13.8 Å². The van der Waals surface area contributed by atoms with Crippen molar-refractivity contribution in [1.82, 2.24) is 10.5 Å². The maximum atomic E-state index is 12.2. The maximum absolute atomic E-state index is 12.2. The topological polar surface area (TPSA) is 84.2 Å². The highest BCUT2D eigenvalue weighted by Crippen LogP contribution is 2.11. The van der Waals surface area contributed by atoms with Crippen molar-refractivity contribution in [3.63, 3.8) is 0 Å². The Bertz CT molecular complexity index is 466. The molecule has 0 bridgehead atoms. The fraction of sp³-hybridized carbons (Fsp3) is 0.643. The number of aryl methyl sites for hydroxylation is 1. The van der Waals surface area contributed by atoms with E-state index in [2.05, 4.69) is 15.8 Å². The molecule has 0 fully saturated rings. The normalized spacial score (nSPS) is 12.6. The predicted octanol–water partition coefficient (Wildman–Crippen LogP) is 2.11. The molecule has 0 radical (unpaired) electrons. The van der Waals surface area contributed by atoms with E-state index in [0.717, 1.165) is 0 Å². The van der Waals surface area contributed by atoms with E-state index >= 15 is 0 Å². The Morgan fingerprint density at radius 1 is 1.25 bits per heavy atom. The van der Waals surface area contributed by atoms with Crippen LogP contribution in [0.2, 0.25) is 0 Å². The van der Waals surface area contributed by atoms with E-state index in [4.69, 9.17) is 4.52 Å². The number of carbonyl (C=O) groups excluding carboxylic acids is 2. The van der Waals surface area contributed by atoms with Crippen LogP contribution in [-0.2, 0) is 9.59 Å². The van der Waals surface area contributed by atoms with Gasteiger partial charge in [-0.05, 0) is 19.3 Å². The van der Waals surface area contributed by atoms with Crippen LogP contribution in [-0.4, -0.2) is 23.0 Å². The summed E-state index contributed by atoms with van der Waals surface area (Å²) in [6.45, 7) is 9.33. The lowest BCUT2D eigenvalue weighted by Crippen LogP contribution is -2.46. The number of hydrogen-bond donors (Lipinski definition) is 2. The van der Waals surface area contributed by atoms with Crippen molar-refractivity contribution in [2.75, 3.05) is 5.32 Å². The molecule has 1 rings (SSSR count). The van der Waals surface area contributed by atoms with Gasteiger partial charge in [-0.2, -0.15) is 0 Å². The third kappa shape index (κ3) is 5.03. The smallest absolute Gasteiger partial charge is 0.248 e. The van der Waals surface area contributed by atoms with Gasteiger partial charge in [-0.3, -0.25) is 9.59 Å². The zero-order chi connectivity index (χ0) is 15.3. The third-order valence-electron chi connectivity index (χ3n) is 2.74. The zero-order valence-electron chi connectivity index (χ0n) is 12.7. The van der Waals surface area contributed by atoms with E-state index in [9.17, 15) is 9.59 Å². The molecule has 0 saturated carbocycles. The van der Waals surface area contributed by atoms with Crippen LogP contribution < -0.4 is 10.6 Å². The minimum absolute atomic E-state index is 0.137. The van der Waals surface area contributed by atoms with Gasteiger partial charge in [0.05, 0.1) is 0 Å². The first kappa shape index (κ1) is 16.2. The Morgan fingerprint density at radius 3 is 2.35 bits per heavy atom. The molecule has 0 aliphatic carbocycles. The van der Waals surface area contributed by atoms with Gasteiger partial charge < -0.3 is 15.2 Å². The van der Waals surface area contributed by atoms with Crippen molar-refractivity contribution < 1.29 is 14.1 Å². The highest BCUT2D eigenvalue weighted by Gasteiger charge is 2.23. The molecule has 1 aromatic rings. The standard InChI is InChI=1S/C14H23N3O3/c1-8(2)6-11(15-13(18)9(3)4)14(19)16-12-7-10(5)20-17-12/h7-9,11H,6H2,1-5H3,(H,15,18)(H,16,17,19)/t11-/m1/s1. The first-order valence-corrected chi connectivity index (χ1v) is 6.84. The van der Waals surface area contributed by atoms with E-state index in [-0.39, 0.29) is 23.7 Å². The minimum atomic E-state index is -0.568. The molecule has 0 aromatic carbocycles. The number of nitrogens with one attached hydrogen (secondary N) is 2. The maximum Gasteiger partial charge on any atom is 0.248 e. The first-order chi connectivity index (χ1) is 9.29. The molecular weight excluding hydrogens is 258 g/mol. The molecule has 0 unspecified atom stereocenters. The second-order valence-electron chi connectivity index (χ2n) is 5.66.